The van der Waals surface area contributed by atoms with E-state index in [0.29, 0.717) is 18.9 Å². The molecule has 5 nitrogen and oxygen atoms in total. The zero-order valence-corrected chi connectivity index (χ0v) is 12.8. The normalized spacial score (nSPS) is 16.8. The Morgan fingerprint density at radius 3 is 2.70 bits per heavy atom. The SMILES string of the molecule is CC(Nc1cccc(N2CCOCC2)c1)C(=O)NCC(F)(F)F. The summed E-state index contributed by atoms with van der Waals surface area (Å²) in [5.41, 5.74) is 1.67. The Kier molecular flexibility index (Phi) is 5.70. The van der Waals surface area contributed by atoms with Crippen molar-refractivity contribution in [3.8, 4) is 0 Å². The standard InChI is InChI=1S/C15H20F3N3O2/c1-11(14(22)19-10-15(16,17)18)20-12-3-2-4-13(9-12)21-5-7-23-8-6-21/h2-4,9,11,20H,5-8,10H2,1H3,(H,19,22). The van der Waals surface area contributed by atoms with Crippen molar-refractivity contribution in [1.29, 1.82) is 0 Å². The third-order valence-electron chi connectivity index (χ3n) is 3.46. The number of carbonyl (C=O) groups excluding carboxylic acids is 1. The van der Waals surface area contributed by atoms with Crippen LogP contribution in [0.15, 0.2) is 24.3 Å². The van der Waals surface area contributed by atoms with E-state index in [1.807, 2.05) is 23.5 Å². The number of anilines is 2. The van der Waals surface area contributed by atoms with Crippen molar-refractivity contribution in [3.63, 3.8) is 0 Å². The molecule has 1 amide bonds. The maximum Gasteiger partial charge on any atom is 0.405 e. The molecular weight excluding hydrogens is 311 g/mol. The summed E-state index contributed by atoms with van der Waals surface area (Å²) in [7, 11) is 0. The first-order chi connectivity index (χ1) is 10.8. The minimum Gasteiger partial charge on any atom is -0.378 e. The first kappa shape index (κ1) is 17.4. The molecule has 1 aliphatic rings. The molecule has 1 aliphatic heterocycles. The third-order valence-corrected chi connectivity index (χ3v) is 3.46. The molecule has 0 aromatic heterocycles. The van der Waals surface area contributed by atoms with Crippen molar-refractivity contribution >= 4 is 17.3 Å². The summed E-state index contributed by atoms with van der Waals surface area (Å²) in [6, 6.07) is 6.67. The molecule has 1 atom stereocenters. The highest BCUT2D eigenvalue weighted by Gasteiger charge is 2.28. The van der Waals surface area contributed by atoms with Gasteiger partial charge >= 0.3 is 6.18 Å². The molecular formula is C15H20F3N3O2. The van der Waals surface area contributed by atoms with Crippen LogP contribution in [0.5, 0.6) is 0 Å². The number of hydrogen-bond donors (Lipinski definition) is 2. The van der Waals surface area contributed by atoms with Crippen molar-refractivity contribution in [3.05, 3.63) is 24.3 Å². The highest BCUT2D eigenvalue weighted by atomic mass is 19.4. The average molecular weight is 331 g/mol. The quantitative estimate of drug-likeness (QED) is 0.867. The van der Waals surface area contributed by atoms with Crippen LogP contribution in [-0.4, -0.2) is 51.0 Å². The lowest BCUT2D eigenvalue weighted by molar-refractivity contribution is -0.138. The predicted octanol–water partition coefficient (Wildman–Crippen LogP) is 2.00. The molecule has 23 heavy (non-hydrogen) atoms. The molecule has 1 saturated heterocycles. The second-order valence-corrected chi connectivity index (χ2v) is 5.35. The molecule has 0 saturated carbocycles. The van der Waals surface area contributed by atoms with E-state index in [2.05, 4.69) is 10.2 Å². The number of halogens is 3. The van der Waals surface area contributed by atoms with E-state index in [1.165, 1.54) is 6.92 Å². The van der Waals surface area contributed by atoms with Gasteiger partial charge in [-0.1, -0.05) is 6.07 Å². The van der Waals surface area contributed by atoms with Gasteiger partial charge in [0.15, 0.2) is 0 Å². The number of ether oxygens (including phenoxy) is 1. The van der Waals surface area contributed by atoms with Crippen LogP contribution >= 0.6 is 0 Å². The molecule has 2 N–H and O–H groups in total. The molecule has 2 rings (SSSR count). The second kappa shape index (κ2) is 7.54. The van der Waals surface area contributed by atoms with Crippen LogP contribution < -0.4 is 15.5 Å². The van der Waals surface area contributed by atoms with E-state index in [0.717, 1.165) is 18.8 Å². The highest BCUT2D eigenvalue weighted by molar-refractivity contribution is 5.84. The van der Waals surface area contributed by atoms with Gasteiger partial charge in [-0.15, -0.1) is 0 Å². The lowest BCUT2D eigenvalue weighted by atomic mass is 10.2. The Balaban J connectivity index is 1.92. The molecule has 0 spiro atoms. The molecule has 1 fully saturated rings. The summed E-state index contributed by atoms with van der Waals surface area (Å²) in [5, 5.41) is 4.79. The number of hydrogen-bond acceptors (Lipinski definition) is 4. The highest BCUT2D eigenvalue weighted by Crippen LogP contribution is 2.21. The van der Waals surface area contributed by atoms with E-state index >= 15 is 0 Å². The summed E-state index contributed by atoms with van der Waals surface area (Å²) in [6.45, 7) is 3.08. The maximum atomic E-state index is 12.1. The summed E-state index contributed by atoms with van der Waals surface area (Å²) < 4.78 is 41.6. The first-order valence-corrected chi connectivity index (χ1v) is 7.39. The molecule has 1 heterocycles. The molecule has 1 unspecified atom stereocenters. The van der Waals surface area contributed by atoms with E-state index in [4.69, 9.17) is 4.74 Å². The van der Waals surface area contributed by atoms with Gasteiger partial charge in [0, 0.05) is 24.5 Å². The van der Waals surface area contributed by atoms with Crippen molar-refractivity contribution in [1.82, 2.24) is 5.32 Å². The predicted molar refractivity (Wildman–Crippen MR) is 81.6 cm³/mol. The van der Waals surface area contributed by atoms with Crippen LogP contribution in [0.3, 0.4) is 0 Å². The first-order valence-electron chi connectivity index (χ1n) is 7.39. The van der Waals surface area contributed by atoms with Gasteiger partial charge in [0.25, 0.3) is 0 Å². The van der Waals surface area contributed by atoms with Crippen molar-refractivity contribution in [2.24, 2.45) is 0 Å². The molecule has 0 radical (unpaired) electrons. The fraction of sp³-hybridized carbons (Fsp3) is 0.533. The Bertz CT molecular complexity index is 531. The van der Waals surface area contributed by atoms with Crippen LogP contribution in [0.2, 0.25) is 0 Å². The minimum absolute atomic E-state index is 0.661. The molecule has 128 valence electrons. The smallest absolute Gasteiger partial charge is 0.378 e. The summed E-state index contributed by atoms with van der Waals surface area (Å²) in [5.74, 6) is -0.695. The van der Waals surface area contributed by atoms with Crippen LogP contribution in [0.25, 0.3) is 0 Å². The van der Waals surface area contributed by atoms with Crippen molar-refractivity contribution in [2.45, 2.75) is 19.1 Å². The number of nitrogens with one attached hydrogen (secondary N) is 2. The van der Waals surface area contributed by atoms with Crippen LogP contribution in [0, 0.1) is 0 Å². The number of rotatable bonds is 5. The summed E-state index contributed by atoms with van der Waals surface area (Å²) >= 11 is 0. The number of carbonyl (C=O) groups is 1. The lowest BCUT2D eigenvalue weighted by Crippen LogP contribution is -2.42. The summed E-state index contributed by atoms with van der Waals surface area (Å²) in [6.07, 6.45) is -4.41. The maximum absolute atomic E-state index is 12.1. The second-order valence-electron chi connectivity index (χ2n) is 5.35. The molecule has 0 bridgehead atoms. The van der Waals surface area contributed by atoms with Gasteiger partial charge in [0.2, 0.25) is 5.91 Å². The van der Waals surface area contributed by atoms with E-state index < -0.39 is 24.7 Å². The van der Waals surface area contributed by atoms with Gasteiger partial charge in [-0.2, -0.15) is 13.2 Å². The Hall–Kier alpha value is -1.96. The molecule has 1 aromatic carbocycles. The van der Waals surface area contributed by atoms with Crippen LogP contribution in [0.1, 0.15) is 6.92 Å². The Labute approximate surface area is 132 Å². The molecule has 0 aliphatic carbocycles. The van der Waals surface area contributed by atoms with E-state index in [-0.39, 0.29) is 0 Å². The summed E-state index contributed by atoms with van der Waals surface area (Å²) in [4.78, 5) is 13.8. The number of morpholine rings is 1. The zero-order chi connectivity index (χ0) is 16.9. The van der Waals surface area contributed by atoms with E-state index in [9.17, 15) is 18.0 Å². The number of benzene rings is 1. The van der Waals surface area contributed by atoms with Gasteiger partial charge in [-0.25, -0.2) is 0 Å². The van der Waals surface area contributed by atoms with E-state index in [1.54, 1.807) is 6.07 Å². The topological polar surface area (TPSA) is 53.6 Å². The molecule has 1 aromatic rings. The molecule has 8 heteroatoms. The van der Waals surface area contributed by atoms with Crippen LogP contribution in [0.4, 0.5) is 24.5 Å². The number of nitrogens with zero attached hydrogens (tertiary/aromatic N) is 1. The lowest BCUT2D eigenvalue weighted by Gasteiger charge is -2.29. The zero-order valence-electron chi connectivity index (χ0n) is 12.8. The third kappa shape index (κ3) is 5.63. The monoisotopic (exact) mass is 331 g/mol. The van der Waals surface area contributed by atoms with Crippen molar-refractivity contribution < 1.29 is 22.7 Å². The van der Waals surface area contributed by atoms with Crippen LogP contribution in [-0.2, 0) is 9.53 Å². The largest absolute Gasteiger partial charge is 0.405 e. The van der Waals surface area contributed by atoms with Gasteiger partial charge in [-0.05, 0) is 25.1 Å². The van der Waals surface area contributed by atoms with Gasteiger partial charge in [0.05, 0.1) is 13.2 Å². The Morgan fingerprint density at radius 2 is 2.04 bits per heavy atom. The van der Waals surface area contributed by atoms with Gasteiger partial charge in [-0.3, -0.25) is 4.79 Å². The number of amides is 1. The number of alkyl halides is 3. The minimum atomic E-state index is -4.41. The van der Waals surface area contributed by atoms with Gasteiger partial charge in [0.1, 0.15) is 12.6 Å². The van der Waals surface area contributed by atoms with Gasteiger partial charge < -0.3 is 20.3 Å². The Morgan fingerprint density at radius 1 is 1.35 bits per heavy atom. The average Bonchev–Trinajstić information content (AvgIpc) is 2.53. The fourth-order valence-electron chi connectivity index (χ4n) is 2.27. The van der Waals surface area contributed by atoms with Crippen molar-refractivity contribution in [2.75, 3.05) is 43.1 Å². The fourth-order valence-corrected chi connectivity index (χ4v) is 2.27.